The molecule has 2 aliphatic heterocycles. The second-order valence-corrected chi connectivity index (χ2v) is 10.6. The molecule has 1 saturated heterocycles. The maximum Gasteiger partial charge on any atom is 0.409 e. The van der Waals surface area contributed by atoms with Crippen molar-refractivity contribution in [3.63, 3.8) is 0 Å². The van der Waals surface area contributed by atoms with Gasteiger partial charge in [-0.15, -0.1) is 23.1 Å². The molecule has 170 valence electrons. The zero-order valence-corrected chi connectivity index (χ0v) is 19.5. The SMILES string of the molecule is COC1(NC(=O)Cc2cccs2)C(=O)N2C(P(=O)(O)O)=C(COC(=O)N(C)C)CS[C@H]21. The molecule has 0 aromatic carbocycles. The number of ether oxygens (including phenoxy) is 2. The fourth-order valence-electron chi connectivity index (χ4n) is 3.23. The Hall–Kier alpha value is -1.89. The molecule has 11 nitrogen and oxygen atoms in total. The summed E-state index contributed by atoms with van der Waals surface area (Å²) in [5.41, 5.74) is -2.15. The maximum atomic E-state index is 13.0. The first-order chi connectivity index (χ1) is 14.5. The number of β-lactam (4-membered cyclic amide) rings is 1. The summed E-state index contributed by atoms with van der Waals surface area (Å²) in [7, 11) is -0.723. The van der Waals surface area contributed by atoms with E-state index in [1.54, 1.807) is 12.1 Å². The Bertz CT molecular complexity index is 961. The Morgan fingerprint density at radius 2 is 2.13 bits per heavy atom. The number of fused-ring (bicyclic) bond motifs is 1. The fourth-order valence-corrected chi connectivity index (χ4v) is 6.58. The van der Waals surface area contributed by atoms with E-state index in [-0.39, 0.29) is 24.4 Å². The number of nitrogens with one attached hydrogen (secondary N) is 1. The van der Waals surface area contributed by atoms with Gasteiger partial charge < -0.3 is 29.5 Å². The van der Waals surface area contributed by atoms with Crippen molar-refractivity contribution in [2.75, 3.05) is 33.6 Å². The van der Waals surface area contributed by atoms with E-state index in [2.05, 4.69) is 5.32 Å². The first-order valence-electron chi connectivity index (χ1n) is 8.97. The van der Waals surface area contributed by atoms with Crippen LogP contribution in [0, 0.1) is 0 Å². The van der Waals surface area contributed by atoms with Crippen LogP contribution in [0.1, 0.15) is 4.88 Å². The lowest BCUT2D eigenvalue weighted by atomic mass is 10.0. The average Bonchev–Trinajstić information content (AvgIpc) is 3.21. The fraction of sp³-hybridized carbons (Fsp3) is 0.471. The molecule has 1 unspecified atom stereocenters. The Morgan fingerprint density at radius 1 is 1.42 bits per heavy atom. The van der Waals surface area contributed by atoms with E-state index in [1.807, 2.05) is 5.38 Å². The summed E-state index contributed by atoms with van der Waals surface area (Å²) >= 11 is 2.54. The molecule has 0 radical (unpaired) electrons. The number of carbonyl (C=O) groups is 3. The molecule has 14 heteroatoms. The van der Waals surface area contributed by atoms with E-state index in [9.17, 15) is 28.7 Å². The van der Waals surface area contributed by atoms with Crippen LogP contribution >= 0.6 is 30.7 Å². The van der Waals surface area contributed by atoms with Crippen LogP contribution in [0.25, 0.3) is 0 Å². The molecular formula is C17H22N3O8PS2. The van der Waals surface area contributed by atoms with Crippen molar-refractivity contribution in [3.05, 3.63) is 33.4 Å². The lowest BCUT2D eigenvalue weighted by Crippen LogP contribution is -2.80. The normalized spacial score (nSPS) is 23.2. The van der Waals surface area contributed by atoms with E-state index < -0.39 is 42.0 Å². The molecular weight excluding hydrogens is 469 g/mol. The van der Waals surface area contributed by atoms with Gasteiger partial charge in [0.2, 0.25) is 5.91 Å². The Labute approximate surface area is 186 Å². The van der Waals surface area contributed by atoms with E-state index >= 15 is 0 Å². The molecule has 3 rings (SSSR count). The first kappa shape index (κ1) is 23.8. The number of nitrogens with zero attached hydrogens (tertiary/aromatic N) is 2. The Morgan fingerprint density at radius 3 is 2.68 bits per heavy atom. The largest absolute Gasteiger partial charge is 0.445 e. The predicted octanol–water partition coefficient (Wildman–Crippen LogP) is 0.752. The number of hydrogen-bond donors (Lipinski definition) is 3. The van der Waals surface area contributed by atoms with Gasteiger partial charge in [-0.25, -0.2) is 4.79 Å². The molecule has 2 aliphatic rings. The lowest BCUT2D eigenvalue weighted by molar-refractivity contribution is -0.190. The highest BCUT2D eigenvalue weighted by Gasteiger charge is 2.67. The van der Waals surface area contributed by atoms with Crippen molar-refractivity contribution >= 4 is 48.6 Å². The third kappa shape index (κ3) is 4.52. The molecule has 3 heterocycles. The number of hydrogen-bond acceptors (Lipinski definition) is 8. The second kappa shape index (κ2) is 8.93. The van der Waals surface area contributed by atoms with E-state index in [0.717, 1.165) is 21.5 Å². The number of thioether (sulfide) groups is 1. The minimum atomic E-state index is -4.91. The summed E-state index contributed by atoms with van der Waals surface area (Å²) in [5.74, 6) is -1.19. The Balaban J connectivity index is 1.84. The van der Waals surface area contributed by atoms with Crippen LogP contribution in [-0.4, -0.2) is 82.2 Å². The van der Waals surface area contributed by atoms with Gasteiger partial charge in [0.25, 0.3) is 11.6 Å². The molecule has 0 spiro atoms. The summed E-state index contributed by atoms with van der Waals surface area (Å²) in [6, 6.07) is 3.58. The minimum Gasteiger partial charge on any atom is -0.445 e. The van der Waals surface area contributed by atoms with Gasteiger partial charge in [0.15, 0.2) is 0 Å². The summed E-state index contributed by atoms with van der Waals surface area (Å²) in [5, 5.41) is 3.53. The molecule has 1 aromatic rings. The quantitative estimate of drug-likeness (QED) is 0.286. The number of thiophene rings is 1. The zero-order chi connectivity index (χ0) is 23.0. The maximum absolute atomic E-state index is 13.0. The van der Waals surface area contributed by atoms with Gasteiger partial charge in [0, 0.05) is 37.4 Å². The topological polar surface area (TPSA) is 146 Å². The Kier molecular flexibility index (Phi) is 6.84. The summed E-state index contributed by atoms with van der Waals surface area (Å²) in [6.07, 6.45) is -0.646. The van der Waals surface area contributed by atoms with Crippen molar-refractivity contribution in [2.24, 2.45) is 0 Å². The van der Waals surface area contributed by atoms with E-state index in [4.69, 9.17) is 9.47 Å². The smallest absolute Gasteiger partial charge is 0.409 e. The highest BCUT2D eigenvalue weighted by Crippen LogP contribution is 2.58. The number of rotatable bonds is 7. The van der Waals surface area contributed by atoms with Crippen molar-refractivity contribution in [3.8, 4) is 0 Å². The van der Waals surface area contributed by atoms with Crippen molar-refractivity contribution < 1.29 is 38.2 Å². The van der Waals surface area contributed by atoms with Gasteiger partial charge in [0.05, 0.1) is 6.42 Å². The molecule has 0 bridgehead atoms. The monoisotopic (exact) mass is 491 g/mol. The summed E-state index contributed by atoms with van der Waals surface area (Å²) in [6.45, 7) is -0.383. The van der Waals surface area contributed by atoms with Crippen LogP contribution in [0.5, 0.6) is 0 Å². The van der Waals surface area contributed by atoms with Crippen LogP contribution in [-0.2, 0) is 30.0 Å². The van der Waals surface area contributed by atoms with Gasteiger partial charge in [-0.1, -0.05) is 6.07 Å². The molecule has 31 heavy (non-hydrogen) atoms. The first-order valence-corrected chi connectivity index (χ1v) is 12.5. The van der Waals surface area contributed by atoms with E-state index in [1.165, 1.54) is 37.4 Å². The number of methoxy groups -OCH3 is 1. The minimum absolute atomic E-state index is 0.0420. The molecule has 1 fully saturated rings. The van der Waals surface area contributed by atoms with Crippen molar-refractivity contribution in [2.45, 2.75) is 17.5 Å². The van der Waals surface area contributed by atoms with Gasteiger partial charge >= 0.3 is 13.7 Å². The molecule has 2 atom stereocenters. The molecule has 3 amide bonds. The standard InChI is InChI=1S/C17H22N3O8PS2/c1-19(2)16(23)28-8-10-9-31-15-17(27-3,14(22)20(15)13(10)29(24,25)26)18-12(21)7-11-5-4-6-30-11/h4-6,15H,7-9H2,1-3H3,(H,18,21)(H2,24,25,26)/t15-,17?/m0/s1. The molecule has 0 saturated carbocycles. The summed E-state index contributed by atoms with van der Waals surface area (Å²) < 4.78 is 22.6. The van der Waals surface area contributed by atoms with Crippen LogP contribution in [0.15, 0.2) is 28.5 Å². The van der Waals surface area contributed by atoms with Crippen LogP contribution < -0.4 is 5.32 Å². The predicted molar refractivity (Wildman–Crippen MR) is 113 cm³/mol. The highest BCUT2D eigenvalue weighted by atomic mass is 32.2. The van der Waals surface area contributed by atoms with Gasteiger partial charge in [-0.05, 0) is 11.4 Å². The molecule has 0 aliphatic carbocycles. The van der Waals surface area contributed by atoms with Crippen molar-refractivity contribution in [1.29, 1.82) is 0 Å². The summed E-state index contributed by atoms with van der Waals surface area (Å²) in [4.78, 5) is 59.9. The van der Waals surface area contributed by atoms with Crippen molar-refractivity contribution in [1.82, 2.24) is 15.1 Å². The second-order valence-electron chi connectivity index (χ2n) is 7.00. The average molecular weight is 491 g/mol. The third-order valence-electron chi connectivity index (χ3n) is 4.65. The van der Waals surface area contributed by atoms with Crippen LogP contribution in [0.4, 0.5) is 4.79 Å². The number of amides is 3. The van der Waals surface area contributed by atoms with Crippen LogP contribution in [0.3, 0.4) is 0 Å². The van der Waals surface area contributed by atoms with Gasteiger partial charge in [-0.2, -0.15) is 0 Å². The van der Waals surface area contributed by atoms with Crippen LogP contribution in [0.2, 0.25) is 0 Å². The van der Waals surface area contributed by atoms with E-state index in [0.29, 0.717) is 0 Å². The zero-order valence-electron chi connectivity index (χ0n) is 16.9. The van der Waals surface area contributed by atoms with Gasteiger partial charge in [-0.3, -0.25) is 19.1 Å². The number of carbonyl (C=O) groups excluding carboxylic acids is 3. The van der Waals surface area contributed by atoms with Gasteiger partial charge in [0.1, 0.15) is 17.4 Å². The molecule has 1 aromatic heterocycles. The third-order valence-corrected chi connectivity index (χ3v) is 7.99. The lowest BCUT2D eigenvalue weighted by Gasteiger charge is -2.56. The molecule has 3 N–H and O–H groups in total. The highest BCUT2D eigenvalue weighted by molar-refractivity contribution is 8.00.